The van der Waals surface area contributed by atoms with E-state index in [-0.39, 0.29) is 5.91 Å². The molecule has 3 nitrogen and oxygen atoms in total. The topological polar surface area (TPSA) is 42.0 Å². The summed E-state index contributed by atoms with van der Waals surface area (Å²) in [4.78, 5) is 18.2. The molecule has 0 bridgehead atoms. The fourth-order valence-corrected chi connectivity index (χ4v) is 4.50. The summed E-state index contributed by atoms with van der Waals surface area (Å²) in [6.07, 6.45) is 0. The number of halogens is 1. The first-order valence-electron chi connectivity index (χ1n) is 7.81. The van der Waals surface area contributed by atoms with E-state index in [0.29, 0.717) is 15.7 Å². The van der Waals surface area contributed by atoms with Crippen LogP contribution in [-0.2, 0) is 0 Å². The Labute approximate surface area is 152 Å². The Morgan fingerprint density at radius 1 is 0.960 bits per heavy atom. The van der Waals surface area contributed by atoms with E-state index in [1.807, 2.05) is 6.07 Å². The van der Waals surface area contributed by atoms with Gasteiger partial charge < -0.3 is 0 Å². The maximum absolute atomic E-state index is 12.5. The van der Waals surface area contributed by atoms with Crippen molar-refractivity contribution in [3.05, 3.63) is 71.2 Å². The molecule has 5 rings (SSSR count). The van der Waals surface area contributed by atoms with Crippen LogP contribution in [0.2, 0.25) is 5.02 Å². The molecular formula is C20H11ClN2OS. The van der Waals surface area contributed by atoms with Crippen molar-refractivity contribution in [2.24, 2.45) is 0 Å². The largest absolute Gasteiger partial charge is 0.298 e. The number of hydrogen-bond acceptors (Lipinski definition) is 3. The normalized spacial score (nSPS) is 11.6. The van der Waals surface area contributed by atoms with Crippen molar-refractivity contribution in [1.82, 2.24) is 4.98 Å². The molecule has 1 aliphatic rings. The molecule has 0 spiro atoms. The van der Waals surface area contributed by atoms with Crippen molar-refractivity contribution >= 4 is 44.7 Å². The number of hydrogen-bond donors (Lipinski definition) is 1. The van der Waals surface area contributed by atoms with Gasteiger partial charge in [0, 0.05) is 11.1 Å². The van der Waals surface area contributed by atoms with Crippen LogP contribution in [-0.4, -0.2) is 10.9 Å². The molecule has 25 heavy (non-hydrogen) atoms. The van der Waals surface area contributed by atoms with Crippen molar-refractivity contribution in [2.75, 3.05) is 5.32 Å². The zero-order valence-corrected chi connectivity index (χ0v) is 14.5. The lowest BCUT2D eigenvalue weighted by Crippen LogP contribution is -2.12. The van der Waals surface area contributed by atoms with Gasteiger partial charge in [0.05, 0.1) is 21.2 Å². The molecule has 5 heteroatoms. The summed E-state index contributed by atoms with van der Waals surface area (Å²) in [7, 11) is 0. The van der Waals surface area contributed by atoms with Crippen LogP contribution in [0.4, 0.5) is 5.13 Å². The van der Waals surface area contributed by atoms with Gasteiger partial charge in [-0.2, -0.15) is 0 Å². The second kappa shape index (κ2) is 5.41. The summed E-state index contributed by atoms with van der Waals surface area (Å²) >= 11 is 7.60. The molecule has 0 atom stereocenters. The van der Waals surface area contributed by atoms with Gasteiger partial charge in [0.25, 0.3) is 5.91 Å². The molecule has 4 aromatic rings. The van der Waals surface area contributed by atoms with Gasteiger partial charge in [-0.05, 0) is 22.9 Å². The lowest BCUT2D eigenvalue weighted by Gasteiger charge is -2.04. The number of carbonyl (C=O) groups is 1. The van der Waals surface area contributed by atoms with E-state index in [2.05, 4.69) is 40.6 Å². The maximum atomic E-state index is 12.5. The quantitative estimate of drug-likeness (QED) is 0.428. The zero-order valence-electron chi connectivity index (χ0n) is 12.9. The molecule has 0 saturated carbocycles. The molecule has 3 aromatic carbocycles. The number of nitrogens with one attached hydrogen (secondary N) is 1. The van der Waals surface area contributed by atoms with Gasteiger partial charge in [0.1, 0.15) is 0 Å². The number of benzene rings is 3. The number of anilines is 1. The Hall–Kier alpha value is -2.69. The molecule has 1 heterocycles. The number of aromatic nitrogens is 1. The average Bonchev–Trinajstić information content (AvgIpc) is 3.15. The molecule has 0 fully saturated rings. The van der Waals surface area contributed by atoms with Gasteiger partial charge in [-0.15, -0.1) is 0 Å². The molecule has 0 radical (unpaired) electrons. The van der Waals surface area contributed by atoms with E-state index < -0.39 is 0 Å². The minimum atomic E-state index is -0.246. The number of carbonyl (C=O) groups excluding carboxylic acids is 1. The first kappa shape index (κ1) is 14.6. The minimum absolute atomic E-state index is 0.246. The van der Waals surface area contributed by atoms with Crippen LogP contribution in [0.25, 0.3) is 32.5 Å². The molecule has 0 aliphatic heterocycles. The van der Waals surface area contributed by atoms with Crippen molar-refractivity contribution in [2.45, 2.75) is 0 Å². The molecule has 120 valence electrons. The average molecular weight is 363 g/mol. The highest BCUT2D eigenvalue weighted by molar-refractivity contribution is 7.20. The first-order valence-corrected chi connectivity index (χ1v) is 9.01. The Morgan fingerprint density at radius 2 is 1.72 bits per heavy atom. The van der Waals surface area contributed by atoms with Crippen LogP contribution < -0.4 is 5.32 Å². The lowest BCUT2D eigenvalue weighted by atomic mass is 10.0. The summed E-state index contributed by atoms with van der Waals surface area (Å²) in [5.41, 5.74) is 3.68. The Bertz CT molecular complexity index is 1110. The van der Waals surface area contributed by atoms with E-state index in [0.717, 1.165) is 16.1 Å². The third-order valence-corrected chi connectivity index (χ3v) is 5.70. The molecule has 0 saturated heterocycles. The van der Waals surface area contributed by atoms with E-state index in [1.165, 1.54) is 27.7 Å². The van der Waals surface area contributed by atoms with Gasteiger partial charge in [-0.3, -0.25) is 10.1 Å². The number of nitrogens with zero attached hydrogens (tertiary/aromatic N) is 1. The van der Waals surface area contributed by atoms with Crippen LogP contribution in [0.15, 0.2) is 60.7 Å². The summed E-state index contributed by atoms with van der Waals surface area (Å²) in [5, 5.41) is 6.34. The summed E-state index contributed by atoms with van der Waals surface area (Å²) < 4.78 is 0. The van der Waals surface area contributed by atoms with Gasteiger partial charge in [0.15, 0.2) is 5.13 Å². The van der Waals surface area contributed by atoms with Gasteiger partial charge >= 0.3 is 0 Å². The highest BCUT2D eigenvalue weighted by Gasteiger charge is 2.26. The van der Waals surface area contributed by atoms with E-state index in [4.69, 9.17) is 11.6 Å². The van der Waals surface area contributed by atoms with E-state index >= 15 is 0 Å². The second-order valence-electron chi connectivity index (χ2n) is 5.84. The SMILES string of the molecule is O=C(Nc1nc2c(s1)-c1cccc3cccc-2c13)c1ccccc1Cl. The second-order valence-corrected chi connectivity index (χ2v) is 7.25. The van der Waals surface area contributed by atoms with E-state index in [9.17, 15) is 4.79 Å². The number of fused-ring (bicyclic) bond motifs is 3. The van der Waals surface area contributed by atoms with Crippen LogP contribution in [0.5, 0.6) is 0 Å². The highest BCUT2D eigenvalue weighted by atomic mass is 35.5. The van der Waals surface area contributed by atoms with Gasteiger partial charge in [-0.1, -0.05) is 71.5 Å². The lowest BCUT2D eigenvalue weighted by molar-refractivity contribution is 0.102. The van der Waals surface area contributed by atoms with Crippen molar-refractivity contribution < 1.29 is 4.79 Å². The highest BCUT2D eigenvalue weighted by Crippen LogP contribution is 2.50. The van der Waals surface area contributed by atoms with Crippen LogP contribution in [0.3, 0.4) is 0 Å². The predicted molar refractivity (Wildman–Crippen MR) is 103 cm³/mol. The fourth-order valence-electron chi connectivity index (χ4n) is 3.28. The Kier molecular flexibility index (Phi) is 3.17. The van der Waals surface area contributed by atoms with Crippen molar-refractivity contribution in [3.63, 3.8) is 0 Å². The molecule has 0 unspecified atom stereocenters. The van der Waals surface area contributed by atoms with Crippen LogP contribution >= 0.6 is 22.9 Å². The third kappa shape index (κ3) is 2.18. The number of rotatable bonds is 2. The standard InChI is InChI=1S/C20H11ClN2OS/c21-15-10-2-1-7-12(15)19(24)23-20-22-17-13-8-3-5-11-6-4-9-14(16(11)13)18(17)25-20/h1-10H,(H,22,23,24). The Morgan fingerprint density at radius 3 is 2.52 bits per heavy atom. The maximum Gasteiger partial charge on any atom is 0.258 e. The Balaban J connectivity index is 1.56. The monoisotopic (exact) mass is 362 g/mol. The molecule has 1 amide bonds. The number of thiazole rings is 1. The van der Waals surface area contributed by atoms with Crippen molar-refractivity contribution in [3.8, 4) is 21.7 Å². The van der Waals surface area contributed by atoms with Gasteiger partial charge in [0.2, 0.25) is 0 Å². The predicted octanol–water partition coefficient (Wildman–Crippen LogP) is 5.85. The molecule has 1 N–H and O–H groups in total. The minimum Gasteiger partial charge on any atom is -0.298 e. The summed E-state index contributed by atoms with van der Waals surface area (Å²) in [5.74, 6) is -0.246. The van der Waals surface area contributed by atoms with Gasteiger partial charge in [-0.25, -0.2) is 4.98 Å². The molecule has 1 aliphatic carbocycles. The van der Waals surface area contributed by atoms with Crippen molar-refractivity contribution in [1.29, 1.82) is 0 Å². The van der Waals surface area contributed by atoms with Crippen LogP contribution in [0.1, 0.15) is 10.4 Å². The molecular weight excluding hydrogens is 352 g/mol. The number of amides is 1. The fraction of sp³-hybridized carbons (Fsp3) is 0. The molecule has 1 aromatic heterocycles. The zero-order chi connectivity index (χ0) is 17.0. The van der Waals surface area contributed by atoms with Crippen LogP contribution in [0, 0.1) is 0 Å². The third-order valence-electron chi connectivity index (χ3n) is 4.37. The van der Waals surface area contributed by atoms with E-state index in [1.54, 1.807) is 24.3 Å². The summed E-state index contributed by atoms with van der Waals surface area (Å²) in [6.45, 7) is 0. The smallest absolute Gasteiger partial charge is 0.258 e. The first-order chi connectivity index (χ1) is 12.2. The summed E-state index contributed by atoms with van der Waals surface area (Å²) in [6, 6.07) is 19.5.